The van der Waals surface area contributed by atoms with Crippen molar-refractivity contribution in [3.05, 3.63) is 116 Å². The molecule has 0 aliphatic heterocycles. The van der Waals surface area contributed by atoms with Crippen molar-refractivity contribution >= 4 is 0 Å². The molecule has 4 aromatic rings. The first-order chi connectivity index (χ1) is 20.3. The molecule has 0 heteroatoms. The fraction of sp³-hybridized carbons (Fsp3) is 0.455. The third-order valence-corrected chi connectivity index (χ3v) is 10.4. The van der Waals surface area contributed by atoms with Gasteiger partial charge >= 0.3 is 0 Å². The number of hydrogen-bond acceptors (Lipinski definition) is 0. The minimum atomic E-state index is 0.0980. The van der Waals surface area contributed by atoms with E-state index < -0.39 is 0 Å². The van der Waals surface area contributed by atoms with Crippen molar-refractivity contribution in [2.45, 2.75) is 130 Å². The number of hydrogen-bond donors (Lipinski definition) is 0. The highest BCUT2D eigenvalue weighted by atomic mass is 14.4. The van der Waals surface area contributed by atoms with Crippen LogP contribution in [-0.2, 0) is 47.3 Å². The Balaban J connectivity index is 1.44. The van der Waals surface area contributed by atoms with Gasteiger partial charge in [0.2, 0.25) is 0 Å². The maximum Gasteiger partial charge on any atom is -0.00105 e. The van der Waals surface area contributed by atoms with E-state index in [1.54, 1.807) is 22.3 Å². The molecular formula is C44H54. The lowest BCUT2D eigenvalue weighted by molar-refractivity contribution is 0.574. The van der Waals surface area contributed by atoms with Crippen LogP contribution < -0.4 is 0 Å². The average Bonchev–Trinajstić information content (AvgIpc) is 3.47. The molecule has 0 unspecified atom stereocenters. The number of benzene rings is 4. The Morgan fingerprint density at radius 3 is 1.07 bits per heavy atom. The second-order valence-corrected chi connectivity index (χ2v) is 17.8. The Hall–Kier alpha value is -3.12. The first-order valence-electron chi connectivity index (χ1n) is 16.9. The Labute approximate surface area is 268 Å². The van der Waals surface area contributed by atoms with Crippen molar-refractivity contribution in [1.29, 1.82) is 0 Å². The molecule has 0 spiro atoms. The third-order valence-electron chi connectivity index (χ3n) is 10.4. The van der Waals surface area contributed by atoms with Gasteiger partial charge in [-0.25, -0.2) is 0 Å². The molecule has 2 aliphatic rings. The van der Waals surface area contributed by atoms with E-state index in [0.29, 0.717) is 0 Å². The van der Waals surface area contributed by atoms with Crippen molar-refractivity contribution in [2.24, 2.45) is 0 Å². The molecule has 230 valence electrons. The molecule has 0 radical (unpaired) electrons. The minimum Gasteiger partial charge on any atom is -0.0579 e. The lowest BCUT2D eigenvalue weighted by atomic mass is 9.76. The second-order valence-electron chi connectivity index (χ2n) is 17.8. The second kappa shape index (κ2) is 10.2. The van der Waals surface area contributed by atoms with Gasteiger partial charge in [-0.05, 0) is 125 Å². The fourth-order valence-corrected chi connectivity index (χ4v) is 7.84. The zero-order valence-corrected chi connectivity index (χ0v) is 29.6. The van der Waals surface area contributed by atoms with Crippen LogP contribution in [0.1, 0.15) is 139 Å². The minimum absolute atomic E-state index is 0.0980. The van der Waals surface area contributed by atoms with Gasteiger partial charge in [0.1, 0.15) is 0 Å². The highest BCUT2D eigenvalue weighted by molar-refractivity contribution is 5.81. The number of rotatable bonds is 3. The van der Waals surface area contributed by atoms with Gasteiger partial charge in [0.05, 0.1) is 0 Å². The highest BCUT2D eigenvalue weighted by Gasteiger charge is 2.31. The van der Waals surface area contributed by atoms with Gasteiger partial charge in [0.15, 0.2) is 0 Å². The van der Waals surface area contributed by atoms with E-state index in [1.165, 1.54) is 55.6 Å². The first kappa shape index (κ1) is 30.9. The van der Waals surface area contributed by atoms with E-state index in [4.69, 9.17) is 0 Å². The molecule has 0 aromatic heterocycles. The van der Waals surface area contributed by atoms with E-state index in [-0.39, 0.29) is 21.7 Å². The van der Waals surface area contributed by atoms with E-state index in [9.17, 15) is 0 Å². The normalized spacial score (nSPS) is 14.4. The van der Waals surface area contributed by atoms with Crippen molar-refractivity contribution in [1.82, 2.24) is 0 Å². The van der Waals surface area contributed by atoms with E-state index in [0.717, 1.165) is 25.7 Å². The molecule has 0 atom stereocenters. The maximum absolute atomic E-state index is 2.49. The molecule has 0 bridgehead atoms. The molecule has 44 heavy (non-hydrogen) atoms. The summed E-state index contributed by atoms with van der Waals surface area (Å²) in [6.07, 6.45) is 4.26. The molecule has 0 saturated heterocycles. The monoisotopic (exact) mass is 582 g/mol. The SMILES string of the molecule is CC(C)(C)c1ccc2c(c1)Cc1c-2ccc(C(C)(C)C)c1CCc1c(C(C)(C)C)ccc2c1Cc1cc(C(C)(C)C)ccc1-2. The molecule has 0 heterocycles. The molecule has 0 amide bonds. The summed E-state index contributed by atoms with van der Waals surface area (Å²) in [5.41, 5.74) is 21.5. The topological polar surface area (TPSA) is 0 Å². The summed E-state index contributed by atoms with van der Waals surface area (Å²) in [6, 6.07) is 24.2. The van der Waals surface area contributed by atoms with Crippen LogP contribution in [0.3, 0.4) is 0 Å². The van der Waals surface area contributed by atoms with Crippen molar-refractivity contribution < 1.29 is 0 Å². The van der Waals surface area contributed by atoms with Gasteiger partial charge in [-0.15, -0.1) is 0 Å². The van der Waals surface area contributed by atoms with Crippen LogP contribution in [0.2, 0.25) is 0 Å². The maximum atomic E-state index is 2.49. The van der Waals surface area contributed by atoms with Crippen LogP contribution in [0.4, 0.5) is 0 Å². The van der Waals surface area contributed by atoms with E-state index >= 15 is 0 Å². The van der Waals surface area contributed by atoms with Crippen LogP contribution in [0.25, 0.3) is 22.3 Å². The summed E-state index contributed by atoms with van der Waals surface area (Å²) < 4.78 is 0. The molecule has 6 rings (SSSR count). The van der Waals surface area contributed by atoms with Crippen LogP contribution in [0.5, 0.6) is 0 Å². The molecule has 4 aromatic carbocycles. The standard InChI is InChI=1S/C44H54/c1-41(2,3)29-13-15-31-27(23-29)25-37-33(31)19-21-39(43(7,8)9)35(37)17-18-36-38-26-28-24-30(42(4,5)6)14-16-32(28)34(38)20-22-40(36)44(10,11)12/h13-16,19-24H,17-18,25-26H2,1-12H3. The first-order valence-corrected chi connectivity index (χ1v) is 16.9. The van der Waals surface area contributed by atoms with Gasteiger partial charge in [0, 0.05) is 0 Å². The smallest absolute Gasteiger partial charge is 0.00105 e. The summed E-state index contributed by atoms with van der Waals surface area (Å²) >= 11 is 0. The average molecular weight is 583 g/mol. The lowest BCUT2D eigenvalue weighted by Crippen LogP contribution is -2.19. The third kappa shape index (κ3) is 5.37. The highest BCUT2D eigenvalue weighted by Crippen LogP contribution is 2.46. The lowest BCUT2D eigenvalue weighted by Gasteiger charge is -2.28. The van der Waals surface area contributed by atoms with E-state index in [2.05, 4.69) is 144 Å². The molecular weight excluding hydrogens is 528 g/mol. The van der Waals surface area contributed by atoms with Gasteiger partial charge in [-0.1, -0.05) is 144 Å². The van der Waals surface area contributed by atoms with Crippen LogP contribution in [-0.4, -0.2) is 0 Å². The summed E-state index contributed by atoms with van der Waals surface area (Å²) in [5.74, 6) is 0. The number of fused-ring (bicyclic) bond motifs is 6. The van der Waals surface area contributed by atoms with Crippen LogP contribution in [0.15, 0.2) is 60.7 Å². The van der Waals surface area contributed by atoms with Crippen molar-refractivity contribution in [3.8, 4) is 22.3 Å². The summed E-state index contributed by atoms with van der Waals surface area (Å²) in [7, 11) is 0. The molecule has 0 fully saturated rings. The van der Waals surface area contributed by atoms with Crippen molar-refractivity contribution in [3.63, 3.8) is 0 Å². The van der Waals surface area contributed by atoms with Gasteiger partial charge in [-0.2, -0.15) is 0 Å². The molecule has 0 saturated carbocycles. The predicted molar refractivity (Wildman–Crippen MR) is 192 cm³/mol. The fourth-order valence-electron chi connectivity index (χ4n) is 7.84. The summed E-state index contributed by atoms with van der Waals surface area (Å²) in [6.45, 7) is 28.3. The van der Waals surface area contributed by atoms with Gasteiger partial charge < -0.3 is 0 Å². The van der Waals surface area contributed by atoms with E-state index in [1.807, 2.05) is 0 Å². The molecule has 0 nitrogen and oxygen atoms in total. The Morgan fingerprint density at radius 1 is 0.409 bits per heavy atom. The van der Waals surface area contributed by atoms with Gasteiger partial charge in [0.25, 0.3) is 0 Å². The summed E-state index contributed by atoms with van der Waals surface area (Å²) in [4.78, 5) is 0. The van der Waals surface area contributed by atoms with Crippen LogP contribution >= 0.6 is 0 Å². The van der Waals surface area contributed by atoms with Crippen LogP contribution in [0, 0.1) is 0 Å². The Bertz CT molecular complexity index is 1630. The predicted octanol–water partition coefficient (Wildman–Crippen LogP) is 11.8. The Morgan fingerprint density at radius 2 is 0.750 bits per heavy atom. The quantitative estimate of drug-likeness (QED) is 0.195. The molecule has 0 N–H and O–H groups in total. The zero-order chi connectivity index (χ0) is 32.0. The van der Waals surface area contributed by atoms with Gasteiger partial charge in [-0.3, -0.25) is 0 Å². The Kier molecular flexibility index (Phi) is 7.16. The van der Waals surface area contributed by atoms with Crippen molar-refractivity contribution in [2.75, 3.05) is 0 Å². The zero-order valence-electron chi connectivity index (χ0n) is 29.6. The molecule has 2 aliphatic carbocycles. The summed E-state index contributed by atoms with van der Waals surface area (Å²) in [5, 5.41) is 0. The largest absolute Gasteiger partial charge is 0.0579 e.